The molecule has 0 spiro atoms. The first-order valence-electron chi connectivity index (χ1n) is 17.5. The van der Waals surface area contributed by atoms with Crippen molar-refractivity contribution in [2.75, 3.05) is 13.7 Å². The van der Waals surface area contributed by atoms with Gasteiger partial charge in [-0.3, -0.25) is 9.59 Å². The lowest BCUT2D eigenvalue weighted by atomic mass is 9.77. The number of hydrogen-bond donors (Lipinski definition) is 0. The maximum atomic E-state index is 14.6. The largest absolute Gasteiger partial charge is 0.497 e. The van der Waals surface area contributed by atoms with E-state index in [0.29, 0.717) is 34.8 Å². The highest BCUT2D eigenvalue weighted by Crippen LogP contribution is 2.50. The maximum Gasteiger partial charge on any atom is 0.329 e. The number of rotatable bonds is 14. The van der Waals surface area contributed by atoms with Crippen LogP contribution in [0.5, 0.6) is 11.6 Å². The molecule has 1 saturated carbocycles. The summed E-state index contributed by atoms with van der Waals surface area (Å²) in [4.78, 5) is 53.0. The van der Waals surface area contributed by atoms with Gasteiger partial charge < -0.3 is 23.8 Å². The molecule has 0 radical (unpaired) electrons. The molecule has 10 heteroatoms. The Balaban J connectivity index is 1.64. The summed E-state index contributed by atoms with van der Waals surface area (Å²) in [6.07, 6.45) is 6.98. The number of benzene rings is 1. The van der Waals surface area contributed by atoms with Crippen LogP contribution in [0.2, 0.25) is 0 Å². The quantitative estimate of drug-likeness (QED) is 0.115. The molecule has 1 saturated heterocycles. The van der Waals surface area contributed by atoms with Crippen LogP contribution in [0, 0.1) is 23.2 Å². The Labute approximate surface area is 291 Å². The van der Waals surface area contributed by atoms with Gasteiger partial charge in [-0.05, 0) is 83.4 Å². The number of allylic oxidation sites excluding steroid dienone is 1. The van der Waals surface area contributed by atoms with Gasteiger partial charge >= 0.3 is 11.9 Å². The molecule has 2 fully saturated rings. The predicted molar refractivity (Wildman–Crippen MR) is 190 cm³/mol. The molecular formula is C39H55N3O7. The van der Waals surface area contributed by atoms with Gasteiger partial charge in [-0.1, -0.05) is 40.3 Å². The molecule has 2 heterocycles. The molecule has 1 aromatic carbocycles. The summed E-state index contributed by atoms with van der Waals surface area (Å²) in [6, 6.07) is 4.45. The van der Waals surface area contributed by atoms with Crippen LogP contribution in [-0.2, 0) is 23.9 Å². The number of nitrogens with zero attached hydrogens (tertiary/aromatic N) is 3. The number of amides is 1. The molecule has 268 valence electrons. The zero-order chi connectivity index (χ0) is 36.3. The number of hydrogen-bond acceptors (Lipinski definition) is 9. The first-order valence-corrected chi connectivity index (χ1v) is 17.5. The first-order chi connectivity index (χ1) is 22.9. The van der Waals surface area contributed by atoms with Crippen LogP contribution < -0.4 is 9.47 Å². The molecule has 4 rings (SSSR count). The first kappa shape index (κ1) is 37.9. The minimum atomic E-state index is -0.932. The van der Waals surface area contributed by atoms with E-state index in [9.17, 15) is 14.4 Å². The van der Waals surface area contributed by atoms with Crippen molar-refractivity contribution in [2.24, 2.45) is 23.2 Å². The monoisotopic (exact) mass is 677 g/mol. The van der Waals surface area contributed by atoms with Crippen LogP contribution in [0.4, 0.5) is 0 Å². The average Bonchev–Trinajstić information content (AvgIpc) is 3.49. The van der Waals surface area contributed by atoms with Crippen molar-refractivity contribution >= 4 is 35.0 Å². The Morgan fingerprint density at radius 1 is 1.10 bits per heavy atom. The normalized spacial score (nSPS) is 24.2. The van der Waals surface area contributed by atoms with E-state index >= 15 is 0 Å². The smallest absolute Gasteiger partial charge is 0.329 e. The SMILES string of the molecule is C=CCCCC1CC1(C)OC(=O)C[C@H](C(=O)N1C[C@H](Oc2nc3cc(OC)ccc3nc2C=C)[C@@H](CC)[C@H]1C(=O)OC(C)(C)C)C(C)(C)C. The lowest BCUT2D eigenvalue weighted by molar-refractivity contribution is -0.167. The van der Waals surface area contributed by atoms with Gasteiger partial charge in [0.2, 0.25) is 11.8 Å². The van der Waals surface area contributed by atoms with Gasteiger partial charge in [-0.2, -0.15) is 0 Å². The van der Waals surface area contributed by atoms with Gasteiger partial charge in [0.1, 0.15) is 34.8 Å². The highest BCUT2D eigenvalue weighted by Gasteiger charge is 2.55. The third-order valence-corrected chi connectivity index (χ3v) is 9.70. The second kappa shape index (κ2) is 14.9. The van der Waals surface area contributed by atoms with Crippen molar-refractivity contribution in [1.29, 1.82) is 0 Å². The number of carbonyl (C=O) groups excluding carboxylic acids is 3. The number of methoxy groups -OCH3 is 1. The van der Waals surface area contributed by atoms with E-state index in [1.165, 1.54) is 0 Å². The van der Waals surface area contributed by atoms with Crippen molar-refractivity contribution in [2.45, 2.75) is 117 Å². The van der Waals surface area contributed by atoms with Crippen molar-refractivity contribution < 1.29 is 33.3 Å². The van der Waals surface area contributed by atoms with Gasteiger partial charge in [-0.25, -0.2) is 14.8 Å². The van der Waals surface area contributed by atoms with Crippen molar-refractivity contribution in [3.63, 3.8) is 0 Å². The molecule has 2 aromatic rings. The Bertz CT molecular complexity index is 1560. The van der Waals surface area contributed by atoms with E-state index in [4.69, 9.17) is 23.9 Å². The van der Waals surface area contributed by atoms with E-state index in [1.54, 1.807) is 51.0 Å². The maximum absolute atomic E-state index is 14.6. The minimum Gasteiger partial charge on any atom is -0.497 e. The standard InChI is InChI=1S/C39H55N3O7/c1-12-15-16-17-24-22-39(24,10)48-32(43)21-27(37(4,5)6)35(44)42-23-31(26(13-2)33(42)36(45)49-38(7,8)9)47-34-28(14-3)40-29-19-18-25(46-11)20-30(29)41-34/h12,14,18-20,24,26-27,31,33H,1,3,13,15-17,21-23H2,2,4-11H3/t24?,26-,27-,31+,33+,39?/m1/s1. The molecule has 0 N–H and O–H groups in total. The number of esters is 2. The number of unbranched alkanes of at least 4 members (excludes halogenated alkanes) is 1. The molecule has 2 unspecified atom stereocenters. The van der Waals surface area contributed by atoms with Crippen LogP contribution >= 0.6 is 0 Å². The predicted octanol–water partition coefficient (Wildman–Crippen LogP) is 7.34. The summed E-state index contributed by atoms with van der Waals surface area (Å²) in [7, 11) is 1.58. The highest BCUT2D eigenvalue weighted by molar-refractivity contribution is 5.90. The second-order valence-electron chi connectivity index (χ2n) is 15.7. The number of aromatic nitrogens is 2. The van der Waals surface area contributed by atoms with Gasteiger partial charge in [0.15, 0.2) is 0 Å². The van der Waals surface area contributed by atoms with Gasteiger partial charge in [-0.15, -0.1) is 6.58 Å². The van der Waals surface area contributed by atoms with Gasteiger partial charge in [0.25, 0.3) is 0 Å². The fourth-order valence-corrected chi connectivity index (χ4v) is 6.80. The van der Waals surface area contributed by atoms with Crippen LogP contribution in [-0.4, -0.2) is 69.7 Å². The molecule has 1 aliphatic heterocycles. The van der Waals surface area contributed by atoms with E-state index in [2.05, 4.69) is 18.1 Å². The molecule has 1 aromatic heterocycles. The van der Waals surface area contributed by atoms with Crippen molar-refractivity contribution in [3.05, 3.63) is 43.1 Å². The number of carbonyl (C=O) groups is 3. The Hall–Kier alpha value is -3.95. The van der Waals surface area contributed by atoms with Crippen LogP contribution in [0.25, 0.3) is 17.1 Å². The summed E-state index contributed by atoms with van der Waals surface area (Å²) in [5, 5.41) is 0. The average molecular weight is 678 g/mol. The lowest BCUT2D eigenvalue weighted by Gasteiger charge is -2.35. The summed E-state index contributed by atoms with van der Waals surface area (Å²) in [5.41, 5.74) is -0.248. The van der Waals surface area contributed by atoms with Crippen molar-refractivity contribution in [3.8, 4) is 11.6 Å². The van der Waals surface area contributed by atoms with Gasteiger partial charge in [0.05, 0.1) is 37.0 Å². The van der Waals surface area contributed by atoms with E-state index in [1.807, 2.05) is 46.8 Å². The molecular weight excluding hydrogens is 622 g/mol. The Morgan fingerprint density at radius 2 is 1.82 bits per heavy atom. The highest BCUT2D eigenvalue weighted by atomic mass is 16.6. The molecule has 1 aliphatic carbocycles. The summed E-state index contributed by atoms with van der Waals surface area (Å²) < 4.78 is 23.8. The van der Waals surface area contributed by atoms with E-state index < -0.39 is 52.5 Å². The number of ether oxygens (including phenoxy) is 4. The zero-order valence-electron chi connectivity index (χ0n) is 30.8. The second-order valence-corrected chi connectivity index (χ2v) is 15.7. The molecule has 6 atom stereocenters. The molecule has 1 amide bonds. The lowest BCUT2D eigenvalue weighted by Crippen LogP contribution is -2.50. The molecule has 2 aliphatic rings. The van der Waals surface area contributed by atoms with E-state index in [-0.39, 0.29) is 24.8 Å². The minimum absolute atomic E-state index is 0.0976. The third-order valence-electron chi connectivity index (χ3n) is 9.70. The molecule has 0 bridgehead atoms. The Kier molecular flexibility index (Phi) is 11.5. The zero-order valence-corrected chi connectivity index (χ0v) is 30.8. The number of likely N-dealkylation sites (tertiary alicyclic amines) is 1. The fourth-order valence-electron chi connectivity index (χ4n) is 6.80. The van der Waals surface area contributed by atoms with E-state index in [0.717, 1.165) is 25.7 Å². The Morgan fingerprint density at radius 3 is 2.41 bits per heavy atom. The summed E-state index contributed by atoms with van der Waals surface area (Å²) in [5.74, 6) is -1.24. The summed E-state index contributed by atoms with van der Waals surface area (Å²) >= 11 is 0. The fraction of sp³-hybridized carbons (Fsp3) is 0.615. The number of fused-ring (bicyclic) bond motifs is 1. The summed E-state index contributed by atoms with van der Waals surface area (Å²) in [6.45, 7) is 22.9. The van der Waals surface area contributed by atoms with Crippen molar-refractivity contribution in [1.82, 2.24) is 14.9 Å². The van der Waals surface area contributed by atoms with Crippen LogP contribution in [0.3, 0.4) is 0 Å². The van der Waals surface area contributed by atoms with Gasteiger partial charge in [0, 0.05) is 17.9 Å². The van der Waals surface area contributed by atoms with Crippen LogP contribution in [0.1, 0.15) is 99.6 Å². The molecule has 49 heavy (non-hydrogen) atoms. The molecule has 10 nitrogen and oxygen atoms in total. The van der Waals surface area contributed by atoms with Crippen LogP contribution in [0.15, 0.2) is 37.4 Å². The third kappa shape index (κ3) is 9.00. The topological polar surface area (TPSA) is 117 Å².